The fourth-order valence-electron chi connectivity index (χ4n) is 7.00. The van der Waals surface area contributed by atoms with Crippen LogP contribution in [0.4, 0.5) is 11.4 Å². The number of fused-ring (bicyclic) bond motifs is 6. The van der Waals surface area contributed by atoms with E-state index in [0.29, 0.717) is 6.04 Å². The van der Waals surface area contributed by atoms with Crippen LogP contribution >= 0.6 is 0 Å². The predicted molar refractivity (Wildman–Crippen MR) is 151 cm³/mol. The summed E-state index contributed by atoms with van der Waals surface area (Å²) < 4.78 is 2.39. The molecular formula is C33H35N2+. The molecule has 0 aliphatic carbocycles. The van der Waals surface area contributed by atoms with E-state index in [1.807, 2.05) is 0 Å². The summed E-state index contributed by atoms with van der Waals surface area (Å²) in [5.74, 6) is 0. The molecule has 0 aromatic heterocycles. The van der Waals surface area contributed by atoms with Gasteiger partial charge in [0.2, 0.25) is 5.69 Å². The van der Waals surface area contributed by atoms with Crippen LogP contribution in [-0.4, -0.2) is 30.4 Å². The number of hydrogen-bond donors (Lipinski definition) is 0. The Labute approximate surface area is 209 Å². The molecule has 6 rings (SSSR count). The van der Waals surface area contributed by atoms with E-state index in [4.69, 9.17) is 0 Å². The van der Waals surface area contributed by atoms with Gasteiger partial charge in [0, 0.05) is 41.9 Å². The molecule has 1 atom stereocenters. The Morgan fingerprint density at radius 3 is 2.09 bits per heavy atom. The van der Waals surface area contributed by atoms with Crippen molar-refractivity contribution >= 4 is 38.6 Å². The van der Waals surface area contributed by atoms with Gasteiger partial charge in [-0.3, -0.25) is 0 Å². The van der Waals surface area contributed by atoms with Crippen molar-refractivity contribution in [2.24, 2.45) is 0 Å². The molecule has 4 aromatic carbocycles. The molecule has 0 amide bonds. The van der Waals surface area contributed by atoms with Gasteiger partial charge in [-0.05, 0) is 59.5 Å². The van der Waals surface area contributed by atoms with Crippen molar-refractivity contribution in [2.75, 3.05) is 19.0 Å². The lowest BCUT2D eigenvalue weighted by molar-refractivity contribution is -0.401. The van der Waals surface area contributed by atoms with Crippen molar-refractivity contribution in [1.29, 1.82) is 0 Å². The maximum Gasteiger partial charge on any atom is 0.210 e. The molecule has 2 aliphatic heterocycles. The zero-order valence-electron chi connectivity index (χ0n) is 21.8. The Bertz CT molecular complexity index is 1550. The van der Waals surface area contributed by atoms with Crippen LogP contribution < -0.4 is 4.90 Å². The molecule has 35 heavy (non-hydrogen) atoms. The molecule has 0 N–H and O–H groups in total. The molecule has 0 saturated carbocycles. The summed E-state index contributed by atoms with van der Waals surface area (Å²) in [6.45, 7) is 9.58. The van der Waals surface area contributed by atoms with Gasteiger partial charge in [0.1, 0.15) is 7.05 Å². The van der Waals surface area contributed by atoms with Crippen LogP contribution in [0.15, 0.2) is 84.9 Å². The zero-order chi connectivity index (χ0) is 24.5. The van der Waals surface area contributed by atoms with Crippen molar-refractivity contribution in [3.05, 3.63) is 96.1 Å². The summed E-state index contributed by atoms with van der Waals surface area (Å²) in [4.78, 5) is 2.50. The van der Waals surface area contributed by atoms with Gasteiger partial charge in [-0.25, -0.2) is 0 Å². The fraction of sp³-hybridized carbons (Fsp3) is 0.303. The molecular weight excluding hydrogens is 424 g/mol. The largest absolute Gasteiger partial charge is 0.370 e. The Morgan fingerprint density at radius 1 is 0.800 bits per heavy atom. The molecule has 0 radical (unpaired) electrons. The number of allylic oxidation sites excluding steroid dienone is 1. The molecule has 2 nitrogen and oxygen atoms in total. The second-order valence-corrected chi connectivity index (χ2v) is 11.4. The molecule has 2 heterocycles. The Hall–Kier alpha value is -3.39. The summed E-state index contributed by atoms with van der Waals surface area (Å²) in [6, 6.07) is 27.1. The highest BCUT2D eigenvalue weighted by Gasteiger charge is 2.45. The Morgan fingerprint density at radius 2 is 1.40 bits per heavy atom. The standard InChI is InChI=1S/C33H35N2/c1-32(2)28(34(5)26-20-18-22-12-7-9-14-24(22)30(26)32)16-11-17-29-33(3,4)31-25-15-10-8-13-23(25)19-21-27(31)35(29)6/h7-16,18-21,29H,17H2,1-6H3/q+1/t29-/m1/s1. The summed E-state index contributed by atoms with van der Waals surface area (Å²) in [7, 11) is 4.48. The van der Waals surface area contributed by atoms with Gasteiger partial charge in [0.05, 0.1) is 5.41 Å². The van der Waals surface area contributed by atoms with E-state index in [0.717, 1.165) is 6.42 Å². The molecule has 2 heteroatoms. The van der Waals surface area contributed by atoms with Crippen molar-refractivity contribution in [2.45, 2.75) is 51.0 Å². The highest BCUT2D eigenvalue weighted by molar-refractivity contribution is 6.07. The summed E-state index contributed by atoms with van der Waals surface area (Å²) in [5, 5.41) is 5.40. The van der Waals surface area contributed by atoms with Gasteiger partial charge < -0.3 is 4.90 Å². The Balaban J connectivity index is 1.34. The highest BCUT2D eigenvalue weighted by Crippen LogP contribution is 2.49. The SMILES string of the molecule is CN1c2ccc3ccccc3c2C(C)(C)[C@H]1CC=CC1=[N+](C)c2ccc3ccccc3c2C1(C)C. The minimum absolute atomic E-state index is 0.0439. The quantitative estimate of drug-likeness (QED) is 0.284. The van der Waals surface area contributed by atoms with Crippen LogP contribution in [0, 0.1) is 0 Å². The van der Waals surface area contributed by atoms with Crippen LogP contribution in [0.2, 0.25) is 0 Å². The smallest absolute Gasteiger partial charge is 0.210 e. The van der Waals surface area contributed by atoms with Crippen molar-refractivity contribution in [3.63, 3.8) is 0 Å². The fourth-order valence-corrected chi connectivity index (χ4v) is 7.00. The van der Waals surface area contributed by atoms with Crippen LogP contribution in [0.3, 0.4) is 0 Å². The monoisotopic (exact) mass is 459 g/mol. The molecule has 0 bridgehead atoms. The molecule has 176 valence electrons. The van der Waals surface area contributed by atoms with Gasteiger partial charge in [0.15, 0.2) is 5.71 Å². The predicted octanol–water partition coefficient (Wildman–Crippen LogP) is 7.74. The first kappa shape index (κ1) is 22.1. The van der Waals surface area contributed by atoms with E-state index in [1.165, 1.54) is 49.8 Å². The summed E-state index contributed by atoms with van der Waals surface area (Å²) in [5.41, 5.74) is 7.01. The number of rotatable bonds is 3. The highest BCUT2D eigenvalue weighted by atomic mass is 15.2. The summed E-state index contributed by atoms with van der Waals surface area (Å²) in [6.07, 6.45) is 5.81. The van der Waals surface area contributed by atoms with Gasteiger partial charge in [-0.2, -0.15) is 4.58 Å². The maximum absolute atomic E-state index is 2.50. The molecule has 0 unspecified atom stereocenters. The minimum Gasteiger partial charge on any atom is -0.370 e. The molecule has 0 saturated heterocycles. The molecule has 4 aromatic rings. The van der Waals surface area contributed by atoms with Gasteiger partial charge in [-0.1, -0.05) is 74.5 Å². The normalized spacial score (nSPS) is 20.3. The number of benzene rings is 4. The minimum atomic E-state index is -0.0439. The van der Waals surface area contributed by atoms with Gasteiger partial charge >= 0.3 is 0 Å². The lowest BCUT2D eigenvalue weighted by Crippen LogP contribution is -2.39. The van der Waals surface area contributed by atoms with E-state index < -0.39 is 0 Å². The Kier molecular flexibility index (Phi) is 4.77. The molecule has 2 aliphatic rings. The average molecular weight is 460 g/mol. The van der Waals surface area contributed by atoms with E-state index in [1.54, 1.807) is 0 Å². The van der Waals surface area contributed by atoms with E-state index in [9.17, 15) is 0 Å². The third kappa shape index (κ3) is 3.05. The van der Waals surface area contributed by atoms with Crippen LogP contribution in [0.25, 0.3) is 21.5 Å². The zero-order valence-corrected chi connectivity index (χ0v) is 21.8. The van der Waals surface area contributed by atoms with Crippen molar-refractivity contribution in [1.82, 2.24) is 0 Å². The summed E-state index contributed by atoms with van der Waals surface area (Å²) >= 11 is 0. The first-order chi connectivity index (χ1) is 16.7. The van der Waals surface area contributed by atoms with Crippen molar-refractivity contribution < 1.29 is 4.58 Å². The molecule has 0 fully saturated rings. The lowest BCUT2D eigenvalue weighted by atomic mass is 9.76. The number of nitrogens with zero attached hydrogens (tertiary/aromatic N) is 2. The second-order valence-electron chi connectivity index (χ2n) is 11.4. The third-order valence-electron chi connectivity index (χ3n) is 8.76. The first-order valence-corrected chi connectivity index (χ1v) is 12.8. The second kappa shape index (κ2) is 7.55. The van der Waals surface area contributed by atoms with Crippen LogP contribution in [0.1, 0.15) is 45.2 Å². The van der Waals surface area contributed by atoms with Crippen LogP contribution in [-0.2, 0) is 10.8 Å². The number of anilines is 1. The van der Waals surface area contributed by atoms with E-state index >= 15 is 0 Å². The van der Waals surface area contributed by atoms with E-state index in [-0.39, 0.29) is 10.8 Å². The molecule has 0 spiro atoms. The number of hydrogen-bond acceptors (Lipinski definition) is 1. The van der Waals surface area contributed by atoms with E-state index in [2.05, 4.69) is 136 Å². The maximum atomic E-state index is 2.50. The van der Waals surface area contributed by atoms with Crippen molar-refractivity contribution in [3.8, 4) is 0 Å². The first-order valence-electron chi connectivity index (χ1n) is 12.8. The van der Waals surface area contributed by atoms with Crippen LogP contribution in [0.5, 0.6) is 0 Å². The van der Waals surface area contributed by atoms with Gasteiger partial charge in [-0.15, -0.1) is 0 Å². The topological polar surface area (TPSA) is 6.25 Å². The number of likely N-dealkylation sites (N-methyl/N-ethyl adjacent to an activating group) is 1. The third-order valence-corrected chi connectivity index (χ3v) is 8.76. The van der Waals surface area contributed by atoms with Gasteiger partial charge in [0.25, 0.3) is 0 Å². The lowest BCUT2D eigenvalue weighted by Gasteiger charge is -2.31. The average Bonchev–Trinajstić information content (AvgIpc) is 3.17.